The second-order valence-electron chi connectivity index (χ2n) is 4.63. The summed E-state index contributed by atoms with van der Waals surface area (Å²) in [6, 6.07) is 0. The zero-order chi connectivity index (χ0) is 11.5. The van der Waals surface area contributed by atoms with Crippen LogP contribution in [0, 0.1) is 11.3 Å². The van der Waals surface area contributed by atoms with Gasteiger partial charge in [-0.25, -0.2) is 0 Å². The topological polar surface area (TPSA) is 87.7 Å². The van der Waals surface area contributed by atoms with Gasteiger partial charge in [-0.15, -0.1) is 0 Å². The summed E-state index contributed by atoms with van der Waals surface area (Å²) in [4.78, 5) is 11.5. The van der Waals surface area contributed by atoms with Gasteiger partial charge in [-0.3, -0.25) is 4.79 Å². The summed E-state index contributed by atoms with van der Waals surface area (Å²) in [5.41, 5.74) is 5.59. The van der Waals surface area contributed by atoms with Crippen molar-refractivity contribution in [1.29, 1.82) is 0 Å². The summed E-state index contributed by atoms with van der Waals surface area (Å²) >= 11 is 0. The normalized spacial score (nSPS) is 21.6. The van der Waals surface area contributed by atoms with Crippen LogP contribution < -0.4 is 11.1 Å². The lowest BCUT2D eigenvalue weighted by Crippen LogP contribution is -2.44. The standard InChI is InChI=1S/C10H19N3O2/c1-7(8(11)13-15)9(14)12-6-10(2)4-3-5-10/h7,15H,3-6H2,1-2H3,(H2,11,13)(H,12,14). The van der Waals surface area contributed by atoms with Gasteiger partial charge in [0.05, 0.1) is 5.92 Å². The summed E-state index contributed by atoms with van der Waals surface area (Å²) in [5.74, 6) is -0.802. The molecule has 0 saturated heterocycles. The Morgan fingerprint density at radius 2 is 2.27 bits per heavy atom. The number of nitrogens with one attached hydrogen (secondary N) is 1. The van der Waals surface area contributed by atoms with E-state index in [1.54, 1.807) is 6.92 Å². The lowest BCUT2D eigenvalue weighted by Gasteiger charge is -2.38. The average molecular weight is 213 g/mol. The molecule has 0 radical (unpaired) electrons. The number of nitrogens with two attached hydrogens (primary N) is 1. The maximum Gasteiger partial charge on any atom is 0.230 e. The van der Waals surface area contributed by atoms with Gasteiger partial charge in [-0.2, -0.15) is 0 Å². The number of amidine groups is 1. The molecule has 5 heteroatoms. The Morgan fingerprint density at radius 1 is 1.67 bits per heavy atom. The molecule has 1 aliphatic carbocycles. The van der Waals surface area contributed by atoms with Gasteiger partial charge in [0.2, 0.25) is 5.91 Å². The van der Waals surface area contributed by atoms with Crippen LogP contribution in [0.2, 0.25) is 0 Å². The van der Waals surface area contributed by atoms with E-state index < -0.39 is 5.92 Å². The number of rotatable bonds is 4. The molecule has 0 bridgehead atoms. The molecule has 0 aromatic rings. The van der Waals surface area contributed by atoms with Crippen LogP contribution in [0.3, 0.4) is 0 Å². The Labute approximate surface area is 89.7 Å². The zero-order valence-electron chi connectivity index (χ0n) is 9.29. The van der Waals surface area contributed by atoms with E-state index in [0.29, 0.717) is 6.54 Å². The maximum atomic E-state index is 11.5. The molecule has 1 aliphatic rings. The molecule has 1 amide bonds. The van der Waals surface area contributed by atoms with E-state index in [4.69, 9.17) is 10.9 Å². The van der Waals surface area contributed by atoms with Crippen molar-refractivity contribution < 1.29 is 10.0 Å². The maximum absolute atomic E-state index is 11.5. The van der Waals surface area contributed by atoms with Gasteiger partial charge in [0.1, 0.15) is 0 Å². The van der Waals surface area contributed by atoms with Gasteiger partial charge in [-0.05, 0) is 25.2 Å². The summed E-state index contributed by atoms with van der Waals surface area (Å²) in [5, 5.41) is 14.1. The fourth-order valence-electron chi connectivity index (χ4n) is 1.63. The Morgan fingerprint density at radius 3 is 2.67 bits per heavy atom. The van der Waals surface area contributed by atoms with Gasteiger partial charge >= 0.3 is 0 Å². The Bertz CT molecular complexity index is 272. The number of amides is 1. The van der Waals surface area contributed by atoms with Crippen LogP contribution in [0.1, 0.15) is 33.1 Å². The van der Waals surface area contributed by atoms with Crippen molar-refractivity contribution in [3.8, 4) is 0 Å². The summed E-state index contributed by atoms with van der Waals surface area (Å²) in [6.07, 6.45) is 3.55. The molecule has 1 rings (SSSR count). The predicted molar refractivity (Wildman–Crippen MR) is 57.5 cm³/mol. The largest absolute Gasteiger partial charge is 0.409 e. The number of carbonyl (C=O) groups is 1. The number of carbonyl (C=O) groups excluding carboxylic acids is 1. The van der Waals surface area contributed by atoms with Gasteiger partial charge in [0.25, 0.3) is 0 Å². The first-order chi connectivity index (χ1) is 6.98. The molecule has 1 atom stereocenters. The van der Waals surface area contributed by atoms with Crippen molar-refractivity contribution in [2.75, 3.05) is 6.54 Å². The molecule has 0 aromatic heterocycles. The molecule has 4 N–H and O–H groups in total. The highest BCUT2D eigenvalue weighted by molar-refractivity contribution is 6.01. The summed E-state index contributed by atoms with van der Waals surface area (Å²) < 4.78 is 0. The SMILES string of the molecule is CC(C(=O)NCC1(C)CCC1)C(N)=NO. The monoisotopic (exact) mass is 213 g/mol. The smallest absolute Gasteiger partial charge is 0.230 e. The van der Waals surface area contributed by atoms with Crippen molar-refractivity contribution >= 4 is 11.7 Å². The zero-order valence-corrected chi connectivity index (χ0v) is 9.29. The first-order valence-electron chi connectivity index (χ1n) is 5.24. The van der Waals surface area contributed by atoms with E-state index in [2.05, 4.69) is 17.4 Å². The molecule has 1 fully saturated rings. The highest BCUT2D eigenvalue weighted by Gasteiger charge is 2.32. The van der Waals surface area contributed by atoms with E-state index in [1.807, 2.05) is 0 Å². The lowest BCUT2D eigenvalue weighted by molar-refractivity contribution is -0.123. The molecule has 5 nitrogen and oxygen atoms in total. The van der Waals surface area contributed by atoms with Gasteiger partial charge in [0, 0.05) is 6.54 Å². The minimum absolute atomic E-state index is 0.0498. The van der Waals surface area contributed by atoms with Crippen LogP contribution in [0.4, 0.5) is 0 Å². The van der Waals surface area contributed by atoms with Gasteiger partial charge in [0.15, 0.2) is 5.84 Å². The molecule has 0 aromatic carbocycles. The fraction of sp³-hybridized carbons (Fsp3) is 0.800. The lowest BCUT2D eigenvalue weighted by atomic mass is 9.70. The minimum Gasteiger partial charge on any atom is -0.409 e. The predicted octanol–water partition coefficient (Wildman–Crippen LogP) is 0.675. The molecule has 0 spiro atoms. The second-order valence-corrected chi connectivity index (χ2v) is 4.63. The average Bonchev–Trinajstić information content (AvgIpc) is 2.20. The van der Waals surface area contributed by atoms with Crippen LogP contribution in [0.15, 0.2) is 5.16 Å². The highest BCUT2D eigenvalue weighted by Crippen LogP contribution is 2.39. The quantitative estimate of drug-likeness (QED) is 0.278. The van der Waals surface area contributed by atoms with Crippen molar-refractivity contribution in [1.82, 2.24) is 5.32 Å². The molecule has 15 heavy (non-hydrogen) atoms. The third-order valence-corrected chi connectivity index (χ3v) is 3.20. The van der Waals surface area contributed by atoms with Gasteiger partial charge in [-0.1, -0.05) is 18.5 Å². The molecule has 1 saturated carbocycles. The number of nitrogens with zero attached hydrogens (tertiary/aromatic N) is 1. The highest BCUT2D eigenvalue weighted by atomic mass is 16.4. The van der Waals surface area contributed by atoms with Crippen molar-refractivity contribution in [3.05, 3.63) is 0 Å². The Kier molecular flexibility index (Phi) is 3.55. The number of hydrogen-bond acceptors (Lipinski definition) is 3. The second kappa shape index (κ2) is 4.51. The first-order valence-corrected chi connectivity index (χ1v) is 5.24. The number of oxime groups is 1. The summed E-state index contributed by atoms with van der Waals surface area (Å²) in [7, 11) is 0. The van der Waals surface area contributed by atoms with Crippen LogP contribution in [0.25, 0.3) is 0 Å². The molecular weight excluding hydrogens is 194 g/mol. The Balaban J connectivity index is 2.35. The third kappa shape index (κ3) is 2.84. The van der Waals surface area contributed by atoms with Crippen LogP contribution >= 0.6 is 0 Å². The third-order valence-electron chi connectivity index (χ3n) is 3.20. The molecule has 1 unspecified atom stereocenters. The summed E-state index contributed by atoms with van der Waals surface area (Å²) in [6.45, 7) is 4.45. The molecule has 86 valence electrons. The van der Waals surface area contributed by atoms with Crippen molar-refractivity contribution in [2.24, 2.45) is 22.2 Å². The molecular formula is C10H19N3O2. The van der Waals surface area contributed by atoms with Crippen LogP contribution in [-0.4, -0.2) is 23.5 Å². The van der Waals surface area contributed by atoms with E-state index in [-0.39, 0.29) is 17.2 Å². The van der Waals surface area contributed by atoms with Crippen LogP contribution in [0.5, 0.6) is 0 Å². The first kappa shape index (κ1) is 11.8. The van der Waals surface area contributed by atoms with Gasteiger partial charge < -0.3 is 16.3 Å². The van der Waals surface area contributed by atoms with E-state index >= 15 is 0 Å². The Hall–Kier alpha value is -1.26. The molecule has 0 aliphatic heterocycles. The van der Waals surface area contributed by atoms with Crippen molar-refractivity contribution in [3.63, 3.8) is 0 Å². The minimum atomic E-state index is -0.571. The molecule has 0 heterocycles. The van der Waals surface area contributed by atoms with E-state index in [0.717, 1.165) is 12.8 Å². The fourth-order valence-corrected chi connectivity index (χ4v) is 1.63. The number of hydrogen-bond donors (Lipinski definition) is 3. The van der Waals surface area contributed by atoms with E-state index in [9.17, 15) is 4.79 Å². The van der Waals surface area contributed by atoms with E-state index in [1.165, 1.54) is 6.42 Å². The van der Waals surface area contributed by atoms with Crippen LogP contribution in [-0.2, 0) is 4.79 Å². The van der Waals surface area contributed by atoms with Crippen molar-refractivity contribution in [2.45, 2.75) is 33.1 Å².